The van der Waals surface area contributed by atoms with Crippen molar-refractivity contribution in [2.24, 2.45) is 4.99 Å². The van der Waals surface area contributed by atoms with Crippen LogP contribution in [-0.4, -0.2) is 36.3 Å². The van der Waals surface area contributed by atoms with E-state index in [1.54, 1.807) is 56.3 Å². The third-order valence-corrected chi connectivity index (χ3v) is 6.80. The van der Waals surface area contributed by atoms with Crippen molar-refractivity contribution in [2.45, 2.75) is 40.7 Å². The first-order valence-electron chi connectivity index (χ1n) is 12.6. The van der Waals surface area contributed by atoms with Crippen LogP contribution in [0.1, 0.15) is 51.8 Å². The van der Waals surface area contributed by atoms with Gasteiger partial charge in [0.1, 0.15) is 5.75 Å². The van der Waals surface area contributed by atoms with Crippen molar-refractivity contribution in [3.63, 3.8) is 0 Å². The molecule has 9 nitrogen and oxygen atoms in total. The number of carbonyl (C=O) groups is 2. The molecule has 2 aromatic carbocycles. The van der Waals surface area contributed by atoms with Crippen LogP contribution in [0.5, 0.6) is 17.2 Å². The molecular formula is C29H30N2O7S. The number of aromatic nitrogens is 1. The number of nitrogens with zero attached hydrogens (tertiary/aromatic N) is 2. The molecule has 0 amide bonds. The third kappa shape index (κ3) is 5.96. The molecule has 1 aliphatic rings. The zero-order chi connectivity index (χ0) is 28.1. The number of benzene rings is 2. The Morgan fingerprint density at radius 3 is 2.46 bits per heavy atom. The van der Waals surface area contributed by atoms with Crippen molar-refractivity contribution < 1.29 is 28.5 Å². The van der Waals surface area contributed by atoms with Gasteiger partial charge in [0.2, 0.25) is 0 Å². The van der Waals surface area contributed by atoms with Crippen molar-refractivity contribution in [1.82, 2.24) is 4.57 Å². The molecule has 2 heterocycles. The van der Waals surface area contributed by atoms with Gasteiger partial charge < -0.3 is 18.9 Å². The second kappa shape index (κ2) is 12.1. The van der Waals surface area contributed by atoms with Crippen LogP contribution in [0.3, 0.4) is 0 Å². The van der Waals surface area contributed by atoms with Gasteiger partial charge in [-0.15, -0.1) is 0 Å². The zero-order valence-electron chi connectivity index (χ0n) is 22.5. The maximum absolute atomic E-state index is 13.8. The van der Waals surface area contributed by atoms with Gasteiger partial charge >= 0.3 is 11.9 Å². The van der Waals surface area contributed by atoms with Crippen molar-refractivity contribution in [1.29, 1.82) is 0 Å². The number of hydrogen-bond acceptors (Lipinski definition) is 9. The van der Waals surface area contributed by atoms with Crippen molar-refractivity contribution in [3.8, 4) is 17.2 Å². The highest BCUT2D eigenvalue weighted by Gasteiger charge is 2.34. The van der Waals surface area contributed by atoms with E-state index in [4.69, 9.17) is 18.9 Å². The average molecular weight is 551 g/mol. The van der Waals surface area contributed by atoms with Gasteiger partial charge in [-0.25, -0.2) is 9.79 Å². The van der Waals surface area contributed by atoms with E-state index in [-0.39, 0.29) is 17.7 Å². The molecule has 204 valence electrons. The lowest BCUT2D eigenvalue weighted by molar-refractivity contribution is -0.139. The fourth-order valence-electron chi connectivity index (χ4n) is 4.33. The number of carbonyl (C=O) groups excluding carboxylic acids is 2. The average Bonchev–Trinajstić information content (AvgIpc) is 3.18. The first kappa shape index (κ1) is 27.8. The minimum atomic E-state index is -0.787. The van der Waals surface area contributed by atoms with Crippen LogP contribution in [-0.2, 0) is 14.3 Å². The summed E-state index contributed by atoms with van der Waals surface area (Å²) in [5.74, 6) is 0.482. The predicted octanol–water partition coefficient (Wildman–Crippen LogP) is 3.52. The highest BCUT2D eigenvalue weighted by molar-refractivity contribution is 7.07. The van der Waals surface area contributed by atoms with E-state index in [1.165, 1.54) is 22.8 Å². The van der Waals surface area contributed by atoms with E-state index in [0.29, 0.717) is 56.6 Å². The molecule has 1 aromatic heterocycles. The summed E-state index contributed by atoms with van der Waals surface area (Å²) < 4.78 is 24.0. The number of rotatable bonds is 9. The van der Waals surface area contributed by atoms with Crippen LogP contribution < -0.4 is 29.1 Å². The lowest BCUT2D eigenvalue weighted by atomic mass is 9.95. The summed E-state index contributed by atoms with van der Waals surface area (Å²) in [6.45, 7) is 9.59. The minimum Gasteiger partial charge on any atom is -0.490 e. The Kier molecular flexibility index (Phi) is 8.65. The molecule has 1 aliphatic heterocycles. The van der Waals surface area contributed by atoms with Crippen LogP contribution in [0.15, 0.2) is 63.5 Å². The molecule has 3 aromatic rings. The van der Waals surface area contributed by atoms with Crippen LogP contribution >= 0.6 is 11.3 Å². The van der Waals surface area contributed by atoms with E-state index in [2.05, 4.69) is 4.99 Å². The first-order chi connectivity index (χ1) is 18.8. The Bertz CT molecular complexity index is 1620. The molecule has 0 N–H and O–H groups in total. The summed E-state index contributed by atoms with van der Waals surface area (Å²) in [5, 5.41) is 0. The highest BCUT2D eigenvalue weighted by Crippen LogP contribution is 2.36. The number of allylic oxidation sites excluding steroid dienone is 1. The lowest BCUT2D eigenvalue weighted by Crippen LogP contribution is -2.40. The normalized spacial score (nSPS) is 14.9. The van der Waals surface area contributed by atoms with Crippen molar-refractivity contribution >= 4 is 29.4 Å². The second-order valence-corrected chi connectivity index (χ2v) is 9.55. The molecule has 0 saturated heterocycles. The topological polar surface area (TPSA) is 105 Å². The molecule has 0 saturated carbocycles. The fourth-order valence-corrected chi connectivity index (χ4v) is 5.38. The maximum Gasteiger partial charge on any atom is 0.338 e. The summed E-state index contributed by atoms with van der Waals surface area (Å²) in [5.41, 5.74) is 1.76. The van der Waals surface area contributed by atoms with E-state index in [0.717, 1.165) is 0 Å². The predicted molar refractivity (Wildman–Crippen MR) is 147 cm³/mol. The number of ether oxygens (including phenoxy) is 4. The minimum absolute atomic E-state index is 0.179. The summed E-state index contributed by atoms with van der Waals surface area (Å²) in [4.78, 5) is 43.4. The quantitative estimate of drug-likeness (QED) is 0.297. The van der Waals surface area contributed by atoms with Gasteiger partial charge in [0.25, 0.3) is 5.56 Å². The number of hydrogen-bond donors (Lipinski definition) is 0. The number of fused-ring (bicyclic) bond motifs is 1. The molecule has 0 unspecified atom stereocenters. The number of esters is 2. The van der Waals surface area contributed by atoms with Crippen molar-refractivity contribution in [2.75, 3.05) is 19.8 Å². The molecule has 4 rings (SSSR count). The van der Waals surface area contributed by atoms with Gasteiger partial charge in [0.05, 0.1) is 41.7 Å². The Morgan fingerprint density at radius 1 is 1.03 bits per heavy atom. The third-order valence-electron chi connectivity index (χ3n) is 5.82. The standard InChI is InChI=1S/C29H30N2O7S/c1-6-35-22-13-12-20(16-23(22)36-7-2)26-25(28(34)37-8-3)17(4)30-29-31(26)27(33)24(39-29)15-19-10-9-11-21(14-19)38-18(5)32/h9-16,26H,6-8H2,1-5H3/b24-15-/t26-/m1/s1. The molecule has 0 spiro atoms. The van der Waals surface area contributed by atoms with E-state index < -0.39 is 18.0 Å². The molecular weight excluding hydrogens is 520 g/mol. The Labute approximate surface area is 229 Å². The maximum atomic E-state index is 13.8. The molecule has 1 atom stereocenters. The van der Waals surface area contributed by atoms with Gasteiger partial charge in [-0.3, -0.25) is 14.2 Å². The van der Waals surface area contributed by atoms with E-state index >= 15 is 0 Å². The largest absolute Gasteiger partial charge is 0.490 e. The van der Waals surface area contributed by atoms with Gasteiger partial charge in [0, 0.05) is 6.92 Å². The van der Waals surface area contributed by atoms with Gasteiger partial charge in [0.15, 0.2) is 16.3 Å². The summed E-state index contributed by atoms with van der Waals surface area (Å²) in [7, 11) is 0. The van der Waals surface area contributed by atoms with E-state index in [1.807, 2.05) is 19.9 Å². The zero-order valence-corrected chi connectivity index (χ0v) is 23.3. The van der Waals surface area contributed by atoms with Gasteiger partial charge in [-0.2, -0.15) is 0 Å². The Balaban J connectivity index is 1.92. The monoisotopic (exact) mass is 550 g/mol. The summed E-state index contributed by atoms with van der Waals surface area (Å²) in [6.07, 6.45) is 1.71. The van der Waals surface area contributed by atoms with Gasteiger partial charge in [-0.05, 0) is 69.2 Å². The molecule has 0 fully saturated rings. The van der Waals surface area contributed by atoms with Crippen LogP contribution in [0.4, 0.5) is 0 Å². The highest BCUT2D eigenvalue weighted by atomic mass is 32.1. The number of thiazole rings is 1. The molecule has 39 heavy (non-hydrogen) atoms. The summed E-state index contributed by atoms with van der Waals surface area (Å²) >= 11 is 1.21. The molecule has 10 heteroatoms. The SMILES string of the molecule is CCOC(=O)C1=C(C)N=c2s/c(=C\c3cccc(OC(C)=O)c3)c(=O)n2[C@@H]1c1ccc(OCC)c(OCC)c1. The van der Waals surface area contributed by atoms with Crippen LogP contribution in [0.25, 0.3) is 6.08 Å². The molecule has 0 bridgehead atoms. The summed E-state index contributed by atoms with van der Waals surface area (Å²) in [6, 6.07) is 11.5. The fraction of sp³-hybridized carbons (Fsp3) is 0.310. The van der Waals surface area contributed by atoms with Gasteiger partial charge in [-0.1, -0.05) is 29.5 Å². The Morgan fingerprint density at radius 2 is 1.77 bits per heavy atom. The molecule has 0 aliphatic carbocycles. The Hall–Kier alpha value is -4.18. The van der Waals surface area contributed by atoms with Crippen LogP contribution in [0.2, 0.25) is 0 Å². The van der Waals surface area contributed by atoms with Crippen LogP contribution in [0, 0.1) is 0 Å². The smallest absolute Gasteiger partial charge is 0.338 e. The first-order valence-corrected chi connectivity index (χ1v) is 13.5. The lowest BCUT2D eigenvalue weighted by Gasteiger charge is -2.25. The van der Waals surface area contributed by atoms with E-state index in [9.17, 15) is 14.4 Å². The molecule has 0 radical (unpaired) electrons. The van der Waals surface area contributed by atoms with Crippen molar-refractivity contribution in [3.05, 3.63) is 84.5 Å². The second-order valence-electron chi connectivity index (χ2n) is 8.54.